The van der Waals surface area contributed by atoms with Crippen LogP contribution in [0.2, 0.25) is 0 Å². The summed E-state index contributed by atoms with van der Waals surface area (Å²) in [6.07, 6.45) is 0. The highest BCUT2D eigenvalue weighted by molar-refractivity contribution is 5.40. The van der Waals surface area contributed by atoms with Gasteiger partial charge in [0.15, 0.2) is 0 Å². The summed E-state index contributed by atoms with van der Waals surface area (Å²) in [6, 6.07) is 16.6. The maximum absolute atomic E-state index is 10.6. The highest BCUT2D eigenvalue weighted by Gasteiger charge is 1.92. The molecule has 0 heterocycles. The lowest BCUT2D eigenvalue weighted by molar-refractivity contribution is 0.177. The van der Waals surface area contributed by atoms with Crippen LogP contribution in [0.5, 0.6) is 0 Å². The third-order valence-electron chi connectivity index (χ3n) is 2.14. The third-order valence-corrected chi connectivity index (χ3v) is 2.14. The topological polar surface area (TPSA) is 44.6 Å². The number of hydrogen-bond acceptors (Lipinski definition) is 2. The molecular formula is C13H11N2O. The van der Waals surface area contributed by atoms with E-state index < -0.39 is 0 Å². The van der Waals surface area contributed by atoms with Crippen LogP contribution in [0.15, 0.2) is 64.8 Å². The molecule has 0 atom stereocenters. The first kappa shape index (κ1) is 10.5. The SMILES string of the molecule is [O]Cc1ccc(N=Nc2ccccc2)cc1. The molecule has 2 aromatic carbocycles. The summed E-state index contributed by atoms with van der Waals surface area (Å²) in [7, 11) is 0. The Morgan fingerprint density at radius 3 is 1.88 bits per heavy atom. The Morgan fingerprint density at radius 1 is 0.750 bits per heavy atom. The Labute approximate surface area is 94.1 Å². The van der Waals surface area contributed by atoms with E-state index in [1.807, 2.05) is 30.3 Å². The summed E-state index contributed by atoms with van der Waals surface area (Å²) in [6.45, 7) is -0.198. The molecule has 0 saturated carbocycles. The van der Waals surface area contributed by atoms with Crippen LogP contribution in [0.25, 0.3) is 0 Å². The maximum Gasteiger partial charge on any atom is 0.107 e. The van der Waals surface area contributed by atoms with Gasteiger partial charge in [-0.25, -0.2) is 5.11 Å². The van der Waals surface area contributed by atoms with Gasteiger partial charge in [0.25, 0.3) is 0 Å². The molecule has 0 aliphatic rings. The van der Waals surface area contributed by atoms with Crippen LogP contribution < -0.4 is 0 Å². The highest BCUT2D eigenvalue weighted by atomic mass is 16.3. The molecule has 2 rings (SSSR count). The molecule has 0 aliphatic heterocycles. The molecular weight excluding hydrogens is 200 g/mol. The van der Waals surface area contributed by atoms with Gasteiger partial charge in [-0.15, -0.1) is 0 Å². The lowest BCUT2D eigenvalue weighted by Gasteiger charge is -1.95. The molecule has 0 aromatic heterocycles. The summed E-state index contributed by atoms with van der Waals surface area (Å²) >= 11 is 0. The predicted octanol–water partition coefficient (Wildman–Crippen LogP) is 4.03. The molecule has 3 nitrogen and oxygen atoms in total. The van der Waals surface area contributed by atoms with E-state index in [9.17, 15) is 5.11 Å². The molecule has 2 aromatic rings. The molecule has 0 aliphatic carbocycles. The zero-order valence-corrected chi connectivity index (χ0v) is 8.71. The zero-order valence-electron chi connectivity index (χ0n) is 8.71. The lowest BCUT2D eigenvalue weighted by Crippen LogP contribution is -1.77. The van der Waals surface area contributed by atoms with E-state index in [0.717, 1.165) is 16.9 Å². The van der Waals surface area contributed by atoms with Gasteiger partial charge < -0.3 is 0 Å². The van der Waals surface area contributed by atoms with Gasteiger partial charge in [0.2, 0.25) is 0 Å². The Balaban J connectivity index is 2.12. The van der Waals surface area contributed by atoms with E-state index in [1.54, 1.807) is 24.3 Å². The first-order chi connectivity index (χ1) is 7.88. The number of rotatable bonds is 3. The minimum absolute atomic E-state index is 0.198. The standard InChI is InChI=1S/C13H11N2O/c16-10-11-6-8-13(9-7-11)15-14-12-4-2-1-3-5-12/h1-9H,10H2. The van der Waals surface area contributed by atoms with Gasteiger partial charge in [-0.3, -0.25) is 0 Å². The average molecular weight is 211 g/mol. The van der Waals surface area contributed by atoms with E-state index in [0.29, 0.717) is 0 Å². The molecule has 0 unspecified atom stereocenters. The number of benzene rings is 2. The first-order valence-electron chi connectivity index (χ1n) is 5.02. The minimum atomic E-state index is -0.198. The van der Waals surface area contributed by atoms with Crippen molar-refractivity contribution < 1.29 is 5.11 Å². The molecule has 79 valence electrons. The Bertz CT molecular complexity index is 463. The molecule has 0 spiro atoms. The van der Waals surface area contributed by atoms with Crippen molar-refractivity contribution in [3.63, 3.8) is 0 Å². The smallest absolute Gasteiger partial charge is 0.107 e. The Morgan fingerprint density at radius 2 is 1.31 bits per heavy atom. The molecule has 0 fully saturated rings. The van der Waals surface area contributed by atoms with Crippen molar-refractivity contribution in [1.82, 2.24) is 0 Å². The van der Waals surface area contributed by atoms with Crippen molar-refractivity contribution in [2.45, 2.75) is 6.61 Å². The summed E-state index contributed by atoms with van der Waals surface area (Å²) in [5.74, 6) is 0. The van der Waals surface area contributed by atoms with E-state index >= 15 is 0 Å². The fourth-order valence-electron chi connectivity index (χ4n) is 1.27. The molecule has 0 saturated heterocycles. The second-order valence-corrected chi connectivity index (χ2v) is 3.35. The normalized spacial score (nSPS) is 10.8. The summed E-state index contributed by atoms with van der Waals surface area (Å²) in [5.41, 5.74) is 2.33. The highest BCUT2D eigenvalue weighted by Crippen LogP contribution is 2.18. The molecule has 0 N–H and O–H groups in total. The van der Waals surface area contributed by atoms with Crippen molar-refractivity contribution in [3.8, 4) is 0 Å². The van der Waals surface area contributed by atoms with Crippen molar-refractivity contribution in [3.05, 3.63) is 60.2 Å². The van der Waals surface area contributed by atoms with Crippen LogP contribution >= 0.6 is 0 Å². The molecule has 0 amide bonds. The van der Waals surface area contributed by atoms with Crippen molar-refractivity contribution in [1.29, 1.82) is 0 Å². The largest absolute Gasteiger partial charge is 0.232 e. The average Bonchev–Trinajstić information content (AvgIpc) is 2.38. The van der Waals surface area contributed by atoms with Gasteiger partial charge in [0, 0.05) is 0 Å². The monoisotopic (exact) mass is 211 g/mol. The Kier molecular flexibility index (Phi) is 3.41. The molecule has 3 heteroatoms. The van der Waals surface area contributed by atoms with Crippen LogP contribution in [0.3, 0.4) is 0 Å². The van der Waals surface area contributed by atoms with Crippen molar-refractivity contribution in [2.75, 3.05) is 0 Å². The second-order valence-electron chi connectivity index (χ2n) is 3.35. The molecule has 16 heavy (non-hydrogen) atoms. The van der Waals surface area contributed by atoms with Crippen LogP contribution in [-0.2, 0) is 11.7 Å². The number of azo groups is 1. The predicted molar refractivity (Wildman–Crippen MR) is 61.5 cm³/mol. The number of hydrogen-bond donors (Lipinski definition) is 0. The van der Waals surface area contributed by atoms with Gasteiger partial charge in [0.1, 0.15) is 6.61 Å². The van der Waals surface area contributed by atoms with Crippen LogP contribution in [-0.4, -0.2) is 0 Å². The van der Waals surface area contributed by atoms with Gasteiger partial charge in [-0.05, 0) is 29.8 Å². The summed E-state index contributed by atoms with van der Waals surface area (Å²) in [4.78, 5) is 0. The summed E-state index contributed by atoms with van der Waals surface area (Å²) < 4.78 is 0. The minimum Gasteiger partial charge on any atom is -0.232 e. The van der Waals surface area contributed by atoms with Gasteiger partial charge in [0.05, 0.1) is 11.4 Å². The van der Waals surface area contributed by atoms with E-state index in [1.165, 1.54) is 0 Å². The van der Waals surface area contributed by atoms with Crippen LogP contribution in [0.4, 0.5) is 11.4 Å². The fourth-order valence-corrected chi connectivity index (χ4v) is 1.27. The van der Waals surface area contributed by atoms with Gasteiger partial charge in [-0.2, -0.15) is 10.2 Å². The second kappa shape index (κ2) is 5.19. The van der Waals surface area contributed by atoms with Crippen LogP contribution in [0, 0.1) is 0 Å². The zero-order chi connectivity index (χ0) is 11.2. The van der Waals surface area contributed by atoms with Gasteiger partial charge >= 0.3 is 0 Å². The van der Waals surface area contributed by atoms with Crippen LogP contribution in [0.1, 0.15) is 5.56 Å². The third kappa shape index (κ3) is 2.74. The first-order valence-corrected chi connectivity index (χ1v) is 5.02. The molecule has 1 radical (unpaired) electrons. The van der Waals surface area contributed by atoms with Gasteiger partial charge in [-0.1, -0.05) is 30.3 Å². The maximum atomic E-state index is 10.6. The Hall–Kier alpha value is -2.00. The van der Waals surface area contributed by atoms with Crippen molar-refractivity contribution in [2.24, 2.45) is 10.2 Å². The van der Waals surface area contributed by atoms with E-state index in [-0.39, 0.29) is 6.61 Å². The fraction of sp³-hybridized carbons (Fsp3) is 0.0769. The van der Waals surface area contributed by atoms with E-state index in [4.69, 9.17) is 0 Å². The van der Waals surface area contributed by atoms with Crippen molar-refractivity contribution >= 4 is 11.4 Å². The summed E-state index contributed by atoms with van der Waals surface area (Å²) in [5, 5.41) is 18.7. The lowest BCUT2D eigenvalue weighted by atomic mass is 10.2. The quantitative estimate of drug-likeness (QED) is 0.688. The number of nitrogens with zero attached hydrogens (tertiary/aromatic N) is 2. The van der Waals surface area contributed by atoms with E-state index in [2.05, 4.69) is 10.2 Å². The molecule has 0 bridgehead atoms.